The van der Waals surface area contributed by atoms with Gasteiger partial charge in [-0.2, -0.15) is 0 Å². The highest BCUT2D eigenvalue weighted by Gasteiger charge is 2.19. The summed E-state index contributed by atoms with van der Waals surface area (Å²) >= 11 is 0. The van der Waals surface area contributed by atoms with E-state index in [0.29, 0.717) is 0 Å². The monoisotopic (exact) mass is 818 g/mol. The second-order valence-electron chi connectivity index (χ2n) is 15.8. The van der Waals surface area contributed by atoms with Crippen molar-refractivity contribution >= 4 is 45.3 Å². The Kier molecular flexibility index (Phi) is 11.6. The molecule has 2 heteroatoms. The van der Waals surface area contributed by atoms with Gasteiger partial charge in [-0.3, -0.25) is 0 Å². The summed E-state index contributed by atoms with van der Waals surface area (Å²) in [6.45, 7) is 0. The van der Waals surface area contributed by atoms with E-state index < -0.39 is 0 Å². The van der Waals surface area contributed by atoms with E-state index in [2.05, 4.69) is 289 Å². The standard InChI is InChI=1S/C62H46N2/c1-7-23-47(24-8-1)61(48-25-9-2-10-26-48)62(53-31-19-27-49(43-53)51-29-21-41-59(45-51)63(55-33-11-3-12-34-55)56-35-13-4-14-36-56)54-32-20-28-50(44-54)52-30-22-42-60(46-52)64(57-37-15-5-16-38-57)58-39-17-6-18-40-58/h1-46H. The highest BCUT2D eigenvalue weighted by atomic mass is 15.1. The zero-order valence-electron chi connectivity index (χ0n) is 35.5. The van der Waals surface area contributed by atoms with Crippen molar-refractivity contribution in [1.82, 2.24) is 0 Å². The maximum atomic E-state index is 2.36. The highest BCUT2D eigenvalue weighted by Crippen LogP contribution is 2.42. The van der Waals surface area contributed by atoms with E-state index in [-0.39, 0.29) is 0 Å². The Bertz CT molecular complexity index is 2840. The molecule has 0 atom stereocenters. The number of anilines is 6. The van der Waals surface area contributed by atoms with Crippen molar-refractivity contribution in [1.29, 1.82) is 0 Å². The van der Waals surface area contributed by atoms with Crippen molar-refractivity contribution in [2.75, 3.05) is 9.80 Å². The van der Waals surface area contributed by atoms with Crippen LogP contribution in [0.2, 0.25) is 0 Å². The van der Waals surface area contributed by atoms with E-state index in [1.165, 1.54) is 11.1 Å². The Labute approximate surface area is 377 Å². The first-order chi connectivity index (χ1) is 31.8. The van der Waals surface area contributed by atoms with Crippen LogP contribution in [0, 0.1) is 0 Å². The molecule has 0 aliphatic carbocycles. The lowest BCUT2D eigenvalue weighted by atomic mass is 9.84. The lowest BCUT2D eigenvalue weighted by Crippen LogP contribution is -2.09. The summed E-state index contributed by atoms with van der Waals surface area (Å²) in [5, 5.41) is 0. The molecule has 0 amide bonds. The Hall–Kier alpha value is -8.46. The van der Waals surface area contributed by atoms with Crippen LogP contribution < -0.4 is 9.80 Å². The van der Waals surface area contributed by atoms with Gasteiger partial charge in [-0.15, -0.1) is 0 Å². The van der Waals surface area contributed by atoms with Crippen LogP contribution >= 0.6 is 0 Å². The van der Waals surface area contributed by atoms with Gasteiger partial charge in [-0.1, -0.05) is 194 Å². The fraction of sp³-hybridized carbons (Fsp3) is 0. The summed E-state index contributed by atoms with van der Waals surface area (Å²) in [5.74, 6) is 0. The molecule has 0 heterocycles. The largest absolute Gasteiger partial charge is 0.310 e. The molecule has 2 nitrogen and oxygen atoms in total. The third-order valence-corrected chi connectivity index (χ3v) is 11.6. The van der Waals surface area contributed by atoms with Crippen LogP contribution in [0.25, 0.3) is 33.4 Å². The normalized spacial score (nSPS) is 10.8. The fourth-order valence-electron chi connectivity index (χ4n) is 8.68. The number of hydrogen-bond donors (Lipinski definition) is 0. The second-order valence-corrected chi connectivity index (χ2v) is 15.8. The molecule has 10 rings (SSSR count). The summed E-state index contributed by atoms with van der Waals surface area (Å²) < 4.78 is 0. The summed E-state index contributed by atoms with van der Waals surface area (Å²) in [6, 6.07) is 99.9. The minimum absolute atomic E-state index is 1.10. The number of nitrogens with zero attached hydrogens (tertiary/aromatic N) is 2. The molecule has 304 valence electrons. The van der Waals surface area contributed by atoms with E-state index in [1.54, 1.807) is 0 Å². The average molecular weight is 819 g/mol. The quantitative estimate of drug-likeness (QED) is 0.113. The van der Waals surface area contributed by atoms with Gasteiger partial charge in [0, 0.05) is 34.1 Å². The zero-order chi connectivity index (χ0) is 42.9. The van der Waals surface area contributed by atoms with Gasteiger partial charge >= 0.3 is 0 Å². The molecule has 0 radical (unpaired) electrons. The molecule has 0 unspecified atom stereocenters. The molecule has 64 heavy (non-hydrogen) atoms. The molecular weight excluding hydrogens is 773 g/mol. The molecule has 0 aliphatic rings. The van der Waals surface area contributed by atoms with E-state index >= 15 is 0 Å². The first-order valence-electron chi connectivity index (χ1n) is 21.8. The van der Waals surface area contributed by atoms with Crippen molar-refractivity contribution in [2.45, 2.75) is 0 Å². The first kappa shape index (κ1) is 39.7. The Morgan fingerprint density at radius 3 is 0.750 bits per heavy atom. The van der Waals surface area contributed by atoms with Crippen LogP contribution in [0.4, 0.5) is 34.1 Å². The van der Waals surface area contributed by atoms with Gasteiger partial charge in [0.05, 0.1) is 0 Å². The molecule has 0 aromatic heterocycles. The third-order valence-electron chi connectivity index (χ3n) is 11.6. The molecule has 0 saturated carbocycles. The molecular formula is C62H46N2. The summed E-state index contributed by atoms with van der Waals surface area (Å²) in [6.07, 6.45) is 0. The predicted octanol–water partition coefficient (Wildman–Crippen LogP) is 17.0. The van der Waals surface area contributed by atoms with Gasteiger partial charge in [0.15, 0.2) is 0 Å². The van der Waals surface area contributed by atoms with Gasteiger partial charge in [0.2, 0.25) is 0 Å². The molecule has 0 fully saturated rings. The second kappa shape index (κ2) is 18.7. The maximum absolute atomic E-state index is 2.36. The van der Waals surface area contributed by atoms with Crippen LogP contribution in [-0.2, 0) is 0 Å². The lowest BCUT2D eigenvalue weighted by Gasteiger charge is -2.26. The van der Waals surface area contributed by atoms with Crippen LogP contribution in [-0.4, -0.2) is 0 Å². The SMILES string of the molecule is c1ccc(C(=C(c2cccc(-c3cccc(N(c4ccccc4)c4ccccc4)c3)c2)c2cccc(-c3cccc(N(c4ccccc4)c4ccccc4)c3)c2)c2ccccc2)cc1. The third kappa shape index (κ3) is 8.54. The molecule has 10 aromatic rings. The van der Waals surface area contributed by atoms with Crippen molar-refractivity contribution in [3.05, 3.63) is 301 Å². The highest BCUT2D eigenvalue weighted by molar-refractivity contribution is 6.05. The minimum Gasteiger partial charge on any atom is -0.310 e. The molecule has 0 saturated heterocycles. The summed E-state index contributed by atoms with van der Waals surface area (Å²) in [4.78, 5) is 4.64. The zero-order valence-corrected chi connectivity index (χ0v) is 35.5. The van der Waals surface area contributed by atoms with Crippen molar-refractivity contribution in [3.8, 4) is 22.3 Å². The first-order valence-corrected chi connectivity index (χ1v) is 21.8. The fourth-order valence-corrected chi connectivity index (χ4v) is 8.68. The van der Waals surface area contributed by atoms with Crippen molar-refractivity contribution in [2.24, 2.45) is 0 Å². The molecule has 10 aromatic carbocycles. The van der Waals surface area contributed by atoms with Crippen LogP contribution in [0.15, 0.2) is 279 Å². The maximum Gasteiger partial charge on any atom is 0.0467 e. The Morgan fingerprint density at radius 1 is 0.188 bits per heavy atom. The topological polar surface area (TPSA) is 6.48 Å². The number of hydrogen-bond acceptors (Lipinski definition) is 2. The summed E-state index contributed by atoms with van der Waals surface area (Å²) in [7, 11) is 0. The van der Waals surface area contributed by atoms with E-state index in [0.717, 1.165) is 78.6 Å². The number of para-hydroxylation sites is 4. The predicted molar refractivity (Wildman–Crippen MR) is 271 cm³/mol. The van der Waals surface area contributed by atoms with E-state index in [1.807, 2.05) is 0 Å². The Balaban J connectivity index is 1.12. The van der Waals surface area contributed by atoms with Crippen LogP contribution in [0.3, 0.4) is 0 Å². The molecule has 0 bridgehead atoms. The van der Waals surface area contributed by atoms with Gasteiger partial charge < -0.3 is 9.80 Å². The lowest BCUT2D eigenvalue weighted by molar-refractivity contribution is 1.28. The van der Waals surface area contributed by atoms with Crippen LogP contribution in [0.5, 0.6) is 0 Å². The van der Waals surface area contributed by atoms with Crippen molar-refractivity contribution in [3.63, 3.8) is 0 Å². The van der Waals surface area contributed by atoms with Crippen molar-refractivity contribution < 1.29 is 0 Å². The van der Waals surface area contributed by atoms with Gasteiger partial charge in [-0.25, -0.2) is 0 Å². The minimum atomic E-state index is 1.10. The van der Waals surface area contributed by atoms with Gasteiger partial charge in [0.1, 0.15) is 0 Å². The molecule has 0 aliphatic heterocycles. The smallest absolute Gasteiger partial charge is 0.0467 e. The number of benzene rings is 10. The van der Waals surface area contributed by atoms with Gasteiger partial charge in [-0.05, 0) is 141 Å². The molecule has 0 spiro atoms. The Morgan fingerprint density at radius 2 is 0.422 bits per heavy atom. The van der Waals surface area contributed by atoms with E-state index in [9.17, 15) is 0 Å². The summed E-state index contributed by atoms with van der Waals surface area (Å²) in [5.41, 5.74) is 18.1. The number of rotatable bonds is 12. The van der Waals surface area contributed by atoms with E-state index in [4.69, 9.17) is 0 Å². The van der Waals surface area contributed by atoms with Crippen LogP contribution in [0.1, 0.15) is 22.3 Å². The van der Waals surface area contributed by atoms with Gasteiger partial charge in [0.25, 0.3) is 0 Å². The average Bonchev–Trinajstić information content (AvgIpc) is 3.38. The molecule has 0 N–H and O–H groups in total.